The van der Waals surface area contributed by atoms with E-state index in [0.717, 1.165) is 6.07 Å². The van der Waals surface area contributed by atoms with Crippen molar-refractivity contribution in [2.75, 3.05) is 5.32 Å². The third kappa shape index (κ3) is 3.33. The number of aromatic nitrogens is 1. The Kier molecular flexibility index (Phi) is 4.34. The van der Waals surface area contributed by atoms with E-state index in [1.54, 1.807) is 0 Å². The highest BCUT2D eigenvalue weighted by Crippen LogP contribution is 2.26. The Morgan fingerprint density at radius 3 is 2.07 bits per heavy atom. The Balaban J connectivity index is 2.01. The summed E-state index contributed by atoms with van der Waals surface area (Å²) in [6.45, 7) is 0. The maximum atomic E-state index is 12.4. The number of aromatic carboxylic acids is 2. The number of carbonyl (C=O) groups is 3. The molecule has 0 unspecified atom stereocenters. The van der Waals surface area contributed by atoms with Crippen LogP contribution < -0.4 is 10.9 Å². The molecule has 0 fully saturated rings. The molecule has 3 rings (SSSR count). The number of aromatic amines is 1. The van der Waals surface area contributed by atoms with Gasteiger partial charge < -0.3 is 25.6 Å². The lowest BCUT2D eigenvalue weighted by molar-refractivity contribution is 0.0686. The summed E-state index contributed by atoms with van der Waals surface area (Å²) in [6, 6.07) is 8.90. The first-order valence-corrected chi connectivity index (χ1v) is 7.55. The molecule has 2 aromatic carbocycles. The molecule has 0 spiro atoms. The van der Waals surface area contributed by atoms with Crippen molar-refractivity contribution in [2.45, 2.75) is 0 Å². The molecule has 0 radical (unpaired) electrons. The predicted octanol–water partition coefficient (Wildman–Crippen LogP) is 1.88. The molecule has 1 heterocycles. The molecule has 0 aliphatic rings. The van der Waals surface area contributed by atoms with Gasteiger partial charge in [0.15, 0.2) is 0 Å². The summed E-state index contributed by atoms with van der Waals surface area (Å²) in [5.41, 5.74) is -1.18. The summed E-state index contributed by atoms with van der Waals surface area (Å²) >= 11 is 0. The first kappa shape index (κ1) is 17.7. The maximum Gasteiger partial charge on any atom is 0.335 e. The Labute approximate surface area is 150 Å². The third-order valence-electron chi connectivity index (χ3n) is 3.85. The zero-order valence-corrected chi connectivity index (χ0v) is 13.5. The van der Waals surface area contributed by atoms with Crippen molar-refractivity contribution >= 4 is 34.4 Å². The Hall–Kier alpha value is -4.14. The van der Waals surface area contributed by atoms with Crippen LogP contribution in [0.3, 0.4) is 0 Å². The second-order valence-electron chi connectivity index (χ2n) is 5.58. The van der Waals surface area contributed by atoms with Gasteiger partial charge in [0, 0.05) is 11.1 Å². The van der Waals surface area contributed by atoms with Crippen LogP contribution in [0, 0.1) is 0 Å². The monoisotopic (exact) mass is 368 g/mol. The van der Waals surface area contributed by atoms with Gasteiger partial charge in [-0.05, 0) is 42.5 Å². The smallest absolute Gasteiger partial charge is 0.335 e. The van der Waals surface area contributed by atoms with E-state index in [9.17, 15) is 24.3 Å². The largest absolute Gasteiger partial charge is 0.506 e. The molecule has 0 aliphatic carbocycles. The van der Waals surface area contributed by atoms with E-state index in [2.05, 4.69) is 10.3 Å². The summed E-state index contributed by atoms with van der Waals surface area (Å²) in [7, 11) is 0. The molecule has 1 amide bonds. The van der Waals surface area contributed by atoms with Crippen molar-refractivity contribution < 1.29 is 29.7 Å². The van der Waals surface area contributed by atoms with Gasteiger partial charge in [0.05, 0.1) is 16.6 Å². The molecular formula is C18H12N2O7. The quantitative estimate of drug-likeness (QED) is 0.470. The first-order valence-electron chi connectivity index (χ1n) is 7.55. The van der Waals surface area contributed by atoms with Gasteiger partial charge in [0.1, 0.15) is 11.3 Å². The molecule has 1 aromatic heterocycles. The van der Waals surface area contributed by atoms with Crippen LogP contribution in [0.25, 0.3) is 10.9 Å². The molecule has 0 bridgehead atoms. The second-order valence-corrected chi connectivity index (χ2v) is 5.58. The normalized spacial score (nSPS) is 10.5. The third-order valence-corrected chi connectivity index (χ3v) is 3.85. The molecule has 5 N–H and O–H groups in total. The molecular weight excluding hydrogens is 356 g/mol. The van der Waals surface area contributed by atoms with Gasteiger partial charge in [-0.15, -0.1) is 0 Å². The molecule has 0 atom stereocenters. The van der Waals surface area contributed by atoms with E-state index in [4.69, 9.17) is 10.2 Å². The van der Waals surface area contributed by atoms with Crippen LogP contribution in [0.2, 0.25) is 0 Å². The van der Waals surface area contributed by atoms with Crippen LogP contribution >= 0.6 is 0 Å². The fraction of sp³-hybridized carbons (Fsp3) is 0. The van der Waals surface area contributed by atoms with E-state index in [1.165, 1.54) is 36.4 Å². The number of pyridine rings is 1. The molecule has 0 saturated carbocycles. The minimum atomic E-state index is -1.23. The van der Waals surface area contributed by atoms with Gasteiger partial charge in [-0.25, -0.2) is 9.59 Å². The number of fused-ring (bicyclic) bond motifs is 1. The lowest BCUT2D eigenvalue weighted by Crippen LogP contribution is -2.23. The van der Waals surface area contributed by atoms with E-state index in [1.807, 2.05) is 0 Å². The number of carboxylic acids is 2. The zero-order chi connectivity index (χ0) is 19.7. The summed E-state index contributed by atoms with van der Waals surface area (Å²) in [5, 5.41) is 30.6. The number of hydrogen-bond acceptors (Lipinski definition) is 5. The number of amides is 1. The fourth-order valence-corrected chi connectivity index (χ4v) is 2.51. The van der Waals surface area contributed by atoms with Crippen LogP contribution in [0.1, 0.15) is 31.1 Å². The Morgan fingerprint density at radius 1 is 0.889 bits per heavy atom. The van der Waals surface area contributed by atoms with E-state index < -0.39 is 34.7 Å². The van der Waals surface area contributed by atoms with Gasteiger partial charge in [-0.3, -0.25) is 9.59 Å². The van der Waals surface area contributed by atoms with Gasteiger partial charge in [0.2, 0.25) is 0 Å². The van der Waals surface area contributed by atoms with Crippen molar-refractivity contribution in [1.29, 1.82) is 0 Å². The number of rotatable bonds is 4. The highest BCUT2D eigenvalue weighted by molar-refractivity contribution is 6.09. The van der Waals surface area contributed by atoms with Crippen molar-refractivity contribution in [3.63, 3.8) is 0 Å². The maximum absolute atomic E-state index is 12.4. The van der Waals surface area contributed by atoms with E-state index >= 15 is 0 Å². The topological polar surface area (TPSA) is 157 Å². The van der Waals surface area contributed by atoms with Gasteiger partial charge in [-0.1, -0.05) is 0 Å². The van der Waals surface area contributed by atoms with Gasteiger partial charge in [0.25, 0.3) is 11.5 Å². The molecule has 9 heteroatoms. The first-order chi connectivity index (χ1) is 12.8. The van der Waals surface area contributed by atoms with Gasteiger partial charge in [-0.2, -0.15) is 0 Å². The average Bonchev–Trinajstić information content (AvgIpc) is 2.61. The van der Waals surface area contributed by atoms with Crippen molar-refractivity contribution in [3.05, 3.63) is 69.5 Å². The molecule has 0 saturated heterocycles. The van der Waals surface area contributed by atoms with Crippen LogP contribution in [-0.4, -0.2) is 38.1 Å². The number of carboxylic acid groups (broad SMARTS) is 2. The van der Waals surface area contributed by atoms with Gasteiger partial charge >= 0.3 is 11.9 Å². The summed E-state index contributed by atoms with van der Waals surface area (Å²) in [4.78, 5) is 48.9. The lowest BCUT2D eigenvalue weighted by Gasteiger charge is -2.09. The predicted molar refractivity (Wildman–Crippen MR) is 94.5 cm³/mol. The van der Waals surface area contributed by atoms with Crippen molar-refractivity contribution in [2.24, 2.45) is 0 Å². The molecule has 136 valence electrons. The van der Waals surface area contributed by atoms with Crippen LogP contribution in [0.15, 0.2) is 47.3 Å². The number of nitrogens with one attached hydrogen (secondary N) is 2. The summed E-state index contributed by atoms with van der Waals surface area (Å²) in [6.07, 6.45) is 0. The Morgan fingerprint density at radius 2 is 1.48 bits per heavy atom. The molecule has 3 aromatic rings. The highest BCUT2D eigenvalue weighted by Gasteiger charge is 2.20. The minimum absolute atomic E-state index is 0.000810. The number of aromatic hydroxyl groups is 1. The number of hydrogen-bond donors (Lipinski definition) is 5. The highest BCUT2D eigenvalue weighted by atomic mass is 16.4. The lowest BCUT2D eigenvalue weighted by atomic mass is 10.1. The average molecular weight is 368 g/mol. The SMILES string of the molecule is O=C(O)c1ccc(NC(=O)c2c(O)c3cc(C(=O)O)ccc3[nH]c2=O)cc1. The van der Waals surface area contributed by atoms with E-state index in [-0.39, 0.29) is 27.7 Å². The van der Waals surface area contributed by atoms with Crippen molar-refractivity contribution in [3.8, 4) is 5.75 Å². The molecule has 0 aliphatic heterocycles. The number of carbonyl (C=O) groups excluding carboxylic acids is 1. The van der Waals surface area contributed by atoms with Crippen molar-refractivity contribution in [1.82, 2.24) is 4.98 Å². The fourth-order valence-electron chi connectivity index (χ4n) is 2.51. The summed E-state index contributed by atoms with van der Waals surface area (Å²) < 4.78 is 0. The summed E-state index contributed by atoms with van der Waals surface area (Å²) in [5.74, 6) is -3.95. The van der Waals surface area contributed by atoms with Crippen LogP contribution in [0.4, 0.5) is 5.69 Å². The molecule has 27 heavy (non-hydrogen) atoms. The zero-order valence-electron chi connectivity index (χ0n) is 13.5. The number of benzene rings is 2. The van der Waals surface area contributed by atoms with E-state index in [0.29, 0.717) is 0 Å². The minimum Gasteiger partial charge on any atom is -0.506 e. The second kappa shape index (κ2) is 6.64. The number of anilines is 1. The standard InChI is InChI=1S/C18H12N2O7/c21-14-11-7-9(18(26)27)3-6-12(11)20-16(23)13(14)15(22)19-10-4-1-8(2-5-10)17(24)25/h1-7H,(H,19,22)(H,24,25)(H,26,27)(H2,20,21,23). The van der Waals surface area contributed by atoms with Crippen LogP contribution in [0.5, 0.6) is 5.75 Å². The number of H-pyrrole nitrogens is 1. The van der Waals surface area contributed by atoms with Crippen LogP contribution in [-0.2, 0) is 0 Å². The molecule has 9 nitrogen and oxygen atoms in total. The Bertz CT molecular complexity index is 1150.